The van der Waals surface area contributed by atoms with Crippen LogP contribution in [0.3, 0.4) is 0 Å². The van der Waals surface area contributed by atoms with Crippen LogP contribution in [0.2, 0.25) is 0 Å². The van der Waals surface area contributed by atoms with Crippen molar-refractivity contribution in [3.8, 4) is 11.1 Å². The topological polar surface area (TPSA) is 93.5 Å². The van der Waals surface area contributed by atoms with Gasteiger partial charge in [0.15, 0.2) is 0 Å². The Hall–Kier alpha value is -2.57. The number of rotatable bonds is 6. The smallest absolute Gasteiger partial charge is 0.380 e. The first-order chi connectivity index (χ1) is 17.2. The van der Waals surface area contributed by atoms with E-state index in [1.165, 1.54) is 35.2 Å². The average molecular weight is 546 g/mol. The number of halogens is 5. The van der Waals surface area contributed by atoms with Gasteiger partial charge in [-0.2, -0.15) is 13.2 Å². The Bertz CT molecular complexity index is 1270. The Balaban J connectivity index is 1.70. The van der Waals surface area contributed by atoms with Crippen molar-refractivity contribution < 1.29 is 36.1 Å². The first-order valence-electron chi connectivity index (χ1n) is 11.9. The molecule has 3 N–H and O–H groups in total. The summed E-state index contributed by atoms with van der Waals surface area (Å²) >= 11 is 0. The number of benzene rings is 2. The van der Waals surface area contributed by atoms with Crippen molar-refractivity contribution >= 4 is 15.8 Å². The summed E-state index contributed by atoms with van der Waals surface area (Å²) in [6.45, 7) is 1.60. The highest BCUT2D eigenvalue weighted by atomic mass is 32.2. The van der Waals surface area contributed by atoms with Crippen LogP contribution in [0.4, 0.5) is 22.0 Å². The number of hydrogen-bond donors (Lipinski definition) is 3. The van der Waals surface area contributed by atoms with Crippen molar-refractivity contribution in [3.05, 3.63) is 59.2 Å². The number of hydrogen-bond acceptors (Lipinski definition) is 4. The Kier molecular flexibility index (Phi) is 7.39. The van der Waals surface area contributed by atoms with Gasteiger partial charge in [0.1, 0.15) is 17.2 Å². The molecule has 2 aliphatic rings. The fraction of sp³-hybridized carbons (Fsp3) is 0.480. The Labute approximate surface area is 212 Å². The molecular formula is C25H28F5N3O3S. The predicted octanol–water partition coefficient (Wildman–Crippen LogP) is 4.83. The molecule has 1 unspecified atom stereocenters. The summed E-state index contributed by atoms with van der Waals surface area (Å²) < 4.78 is 90.6. The minimum atomic E-state index is -5.35. The number of carbonyl (C=O) groups excluding carboxylic acids is 1. The Morgan fingerprint density at radius 1 is 1.22 bits per heavy atom. The summed E-state index contributed by atoms with van der Waals surface area (Å²) in [5.41, 5.74) is -6.04. The average Bonchev–Trinajstić information content (AvgIpc) is 3.40. The van der Waals surface area contributed by atoms with Gasteiger partial charge < -0.3 is 10.0 Å². The van der Waals surface area contributed by atoms with Gasteiger partial charge in [0.25, 0.3) is 5.91 Å². The van der Waals surface area contributed by atoms with Crippen LogP contribution in [0.15, 0.2) is 36.4 Å². The monoisotopic (exact) mass is 545 g/mol. The highest BCUT2D eigenvalue weighted by Gasteiger charge is 2.50. The molecule has 3 atom stereocenters. The molecule has 1 aliphatic carbocycles. The third-order valence-corrected chi connectivity index (χ3v) is 8.43. The van der Waals surface area contributed by atoms with Crippen LogP contribution in [-0.4, -0.2) is 49.9 Å². The summed E-state index contributed by atoms with van der Waals surface area (Å²) in [6, 6.07) is 6.08. The maximum Gasteiger partial charge on any atom is 0.492 e. The molecule has 0 spiro atoms. The molecule has 4 rings (SSSR count). The number of alkyl halides is 3. The van der Waals surface area contributed by atoms with Crippen molar-refractivity contribution in [2.45, 2.75) is 68.6 Å². The molecule has 12 heteroatoms. The summed E-state index contributed by atoms with van der Waals surface area (Å²) in [7, 11) is -5.25. The zero-order valence-corrected chi connectivity index (χ0v) is 20.9. The van der Waals surface area contributed by atoms with Crippen LogP contribution >= 0.6 is 0 Å². The van der Waals surface area contributed by atoms with Crippen LogP contribution in [-0.2, 0) is 21.1 Å². The van der Waals surface area contributed by atoms with E-state index in [1.807, 2.05) is 4.72 Å². The molecule has 1 heterocycles. The molecule has 1 saturated heterocycles. The normalized spacial score (nSPS) is 23.3. The van der Waals surface area contributed by atoms with E-state index in [0.717, 1.165) is 0 Å². The lowest BCUT2D eigenvalue weighted by Gasteiger charge is -2.34. The lowest BCUT2D eigenvalue weighted by Crippen LogP contribution is -2.54. The van der Waals surface area contributed by atoms with E-state index in [2.05, 4.69) is 0 Å². The predicted molar refractivity (Wildman–Crippen MR) is 128 cm³/mol. The second-order valence-electron chi connectivity index (χ2n) is 9.82. The van der Waals surface area contributed by atoms with E-state index in [1.54, 1.807) is 13.0 Å². The molecule has 0 bridgehead atoms. The van der Waals surface area contributed by atoms with E-state index in [0.29, 0.717) is 18.4 Å². The number of carbonyl (C=O) groups is 1. The van der Waals surface area contributed by atoms with Gasteiger partial charge in [-0.1, -0.05) is 24.3 Å². The van der Waals surface area contributed by atoms with Crippen molar-refractivity contribution in [1.29, 1.82) is 4.78 Å². The fourth-order valence-electron chi connectivity index (χ4n) is 5.29. The molecule has 202 valence electrons. The molecule has 2 aromatic carbocycles. The lowest BCUT2D eigenvalue weighted by atomic mass is 9.94. The van der Waals surface area contributed by atoms with Crippen LogP contribution in [0.25, 0.3) is 11.1 Å². The minimum absolute atomic E-state index is 0.0535. The zero-order chi connectivity index (χ0) is 27.2. The molecule has 2 aromatic rings. The molecule has 37 heavy (non-hydrogen) atoms. The summed E-state index contributed by atoms with van der Waals surface area (Å²) in [5, 5.41) is 10.9. The SMILES string of the molecule is Cc1cc(F)cc(-c2cccc(C[C@H]3[C@@H](NS(=N)(=O)C(F)(F)F)CCN3C(=O)C3(O)CCCC3)c2F)c1. The first-order valence-corrected chi connectivity index (χ1v) is 13.5. The molecule has 2 fully saturated rings. The van der Waals surface area contributed by atoms with E-state index >= 15 is 4.39 Å². The van der Waals surface area contributed by atoms with Crippen LogP contribution < -0.4 is 4.72 Å². The number of aliphatic hydroxyl groups is 1. The second-order valence-corrected chi connectivity index (χ2v) is 11.6. The lowest BCUT2D eigenvalue weighted by molar-refractivity contribution is -0.151. The van der Waals surface area contributed by atoms with Crippen LogP contribution in [0, 0.1) is 23.3 Å². The third-order valence-electron chi connectivity index (χ3n) is 7.14. The van der Waals surface area contributed by atoms with Crippen LogP contribution in [0.5, 0.6) is 0 Å². The Morgan fingerprint density at radius 3 is 2.51 bits per heavy atom. The van der Waals surface area contributed by atoms with E-state index in [4.69, 9.17) is 4.78 Å². The molecule has 1 aliphatic heterocycles. The van der Waals surface area contributed by atoms with Gasteiger partial charge in [0, 0.05) is 18.2 Å². The molecule has 0 aromatic heterocycles. The summed E-state index contributed by atoms with van der Waals surface area (Å²) in [4.78, 5) is 14.5. The van der Waals surface area contributed by atoms with Gasteiger partial charge in [-0.05, 0) is 74.3 Å². The number of likely N-dealkylation sites (tertiary alicyclic amines) is 1. The number of nitrogens with one attached hydrogen (secondary N) is 2. The maximum absolute atomic E-state index is 15.7. The molecule has 0 radical (unpaired) electrons. The van der Waals surface area contributed by atoms with E-state index < -0.39 is 50.6 Å². The maximum atomic E-state index is 15.7. The van der Waals surface area contributed by atoms with Gasteiger partial charge in [-0.25, -0.2) is 22.5 Å². The van der Waals surface area contributed by atoms with Gasteiger partial charge in [0.2, 0.25) is 9.92 Å². The second kappa shape index (κ2) is 9.95. The number of amides is 1. The molecule has 1 amide bonds. The Morgan fingerprint density at radius 2 is 1.89 bits per heavy atom. The number of aryl methyl sites for hydroxylation is 1. The highest BCUT2D eigenvalue weighted by Crippen LogP contribution is 2.36. The quantitative estimate of drug-likeness (QED) is 0.454. The minimum Gasteiger partial charge on any atom is -0.380 e. The van der Waals surface area contributed by atoms with E-state index in [9.17, 15) is 31.7 Å². The first kappa shape index (κ1) is 27.5. The van der Waals surface area contributed by atoms with Crippen molar-refractivity contribution in [3.63, 3.8) is 0 Å². The zero-order valence-electron chi connectivity index (χ0n) is 20.1. The summed E-state index contributed by atoms with van der Waals surface area (Å²) in [5.74, 6) is -1.95. The largest absolute Gasteiger partial charge is 0.492 e. The van der Waals surface area contributed by atoms with Gasteiger partial charge >= 0.3 is 5.51 Å². The highest BCUT2D eigenvalue weighted by molar-refractivity contribution is 7.91. The molecule has 6 nitrogen and oxygen atoms in total. The van der Waals surface area contributed by atoms with Crippen molar-refractivity contribution in [2.24, 2.45) is 0 Å². The molecular weight excluding hydrogens is 517 g/mol. The van der Waals surface area contributed by atoms with Crippen LogP contribution in [0.1, 0.15) is 43.2 Å². The molecule has 1 saturated carbocycles. The van der Waals surface area contributed by atoms with E-state index in [-0.39, 0.29) is 48.9 Å². The number of nitrogens with zero attached hydrogens (tertiary/aromatic N) is 1. The fourth-order valence-corrected chi connectivity index (χ4v) is 6.13. The standard InChI is InChI=1S/C25H28F5N3O3S/c1-15-11-17(13-18(26)12-15)19-6-4-5-16(22(19)27)14-21-20(32-37(31,36)25(28,29)30)7-10-33(21)23(34)24(35)8-2-3-9-24/h4-6,11-13,20-21,35H,2-3,7-10,14H2,1H3,(H2,31,32,36)/t20-,21-,37?/m0/s1. The third kappa shape index (κ3) is 5.51. The van der Waals surface area contributed by atoms with Crippen molar-refractivity contribution in [2.75, 3.05) is 6.54 Å². The van der Waals surface area contributed by atoms with Crippen molar-refractivity contribution in [1.82, 2.24) is 9.62 Å². The summed E-state index contributed by atoms with van der Waals surface area (Å²) in [6.07, 6.45) is 1.30. The van der Waals surface area contributed by atoms with Gasteiger partial charge in [-0.3, -0.25) is 4.79 Å². The van der Waals surface area contributed by atoms with Gasteiger partial charge in [-0.15, -0.1) is 0 Å². The van der Waals surface area contributed by atoms with Gasteiger partial charge in [0.05, 0.1) is 6.04 Å².